The number of hydrogen-bond donors (Lipinski definition) is 1. The average molecular weight is 330 g/mol. The van der Waals surface area contributed by atoms with Gasteiger partial charge in [-0.3, -0.25) is 0 Å². The van der Waals surface area contributed by atoms with E-state index in [1.165, 1.54) is 12.8 Å². The fourth-order valence-electron chi connectivity index (χ4n) is 3.44. The molecule has 2 nitrogen and oxygen atoms in total. The van der Waals surface area contributed by atoms with E-state index in [2.05, 4.69) is 25.9 Å². The van der Waals surface area contributed by atoms with Crippen LogP contribution in [0.1, 0.15) is 38.2 Å². The van der Waals surface area contributed by atoms with E-state index in [1.807, 2.05) is 6.07 Å². The highest BCUT2D eigenvalue weighted by Crippen LogP contribution is 2.39. The molecule has 0 heterocycles. The summed E-state index contributed by atoms with van der Waals surface area (Å²) in [7, 11) is 4.14. The summed E-state index contributed by atoms with van der Waals surface area (Å²) < 4.78 is 0. The molecule has 0 bridgehead atoms. The maximum atomic E-state index is 10.9. The van der Waals surface area contributed by atoms with Gasteiger partial charge in [0.2, 0.25) is 0 Å². The standard InChI is InChI=1S/C17H25Cl2NO/c1-12-6-8-17(9-7-12,20(2)3)16(21)11-13-10-14(18)4-5-15(13)19/h4-5,10,12,16,21H,6-9,11H2,1-3H3. The van der Waals surface area contributed by atoms with Gasteiger partial charge in [-0.1, -0.05) is 30.1 Å². The van der Waals surface area contributed by atoms with Crippen LogP contribution in [0.2, 0.25) is 10.0 Å². The van der Waals surface area contributed by atoms with Crippen molar-refractivity contribution in [2.75, 3.05) is 14.1 Å². The van der Waals surface area contributed by atoms with Crippen molar-refractivity contribution in [2.45, 2.75) is 50.7 Å². The highest BCUT2D eigenvalue weighted by Gasteiger charge is 2.42. The van der Waals surface area contributed by atoms with Crippen LogP contribution in [-0.2, 0) is 6.42 Å². The van der Waals surface area contributed by atoms with Gasteiger partial charge in [-0.15, -0.1) is 0 Å². The molecule has 1 saturated carbocycles. The predicted octanol–water partition coefficient (Wildman–Crippen LogP) is 4.41. The first-order valence-corrected chi connectivity index (χ1v) is 8.40. The topological polar surface area (TPSA) is 23.5 Å². The molecule has 4 heteroatoms. The molecular weight excluding hydrogens is 305 g/mol. The summed E-state index contributed by atoms with van der Waals surface area (Å²) in [4.78, 5) is 2.20. The largest absolute Gasteiger partial charge is 0.391 e. The van der Waals surface area contributed by atoms with Crippen LogP contribution in [0, 0.1) is 5.92 Å². The molecule has 118 valence electrons. The van der Waals surface area contributed by atoms with Crippen molar-refractivity contribution in [3.8, 4) is 0 Å². The SMILES string of the molecule is CC1CCC(C(O)Cc2cc(Cl)ccc2Cl)(N(C)C)CC1. The van der Waals surface area contributed by atoms with Gasteiger partial charge in [0.05, 0.1) is 6.10 Å². The molecule has 1 N–H and O–H groups in total. The fraction of sp³-hybridized carbons (Fsp3) is 0.647. The number of rotatable bonds is 4. The summed E-state index contributed by atoms with van der Waals surface area (Å²) in [5, 5.41) is 12.2. The molecule has 0 radical (unpaired) electrons. The first-order chi connectivity index (χ1) is 9.85. The summed E-state index contributed by atoms with van der Waals surface area (Å²) in [6, 6.07) is 5.45. The molecule has 1 fully saturated rings. The van der Waals surface area contributed by atoms with E-state index in [-0.39, 0.29) is 5.54 Å². The first kappa shape index (κ1) is 17.1. The molecule has 1 aromatic carbocycles. The van der Waals surface area contributed by atoms with Crippen LogP contribution in [0.15, 0.2) is 18.2 Å². The van der Waals surface area contributed by atoms with Gasteiger partial charge >= 0.3 is 0 Å². The highest BCUT2D eigenvalue weighted by atomic mass is 35.5. The molecule has 0 spiro atoms. The zero-order chi connectivity index (χ0) is 15.6. The number of aliphatic hydroxyl groups excluding tert-OH is 1. The molecule has 1 aliphatic carbocycles. The van der Waals surface area contributed by atoms with E-state index in [0.717, 1.165) is 24.3 Å². The van der Waals surface area contributed by atoms with Gasteiger partial charge in [0, 0.05) is 22.0 Å². The highest BCUT2D eigenvalue weighted by molar-refractivity contribution is 6.33. The molecule has 21 heavy (non-hydrogen) atoms. The first-order valence-electron chi connectivity index (χ1n) is 7.64. The van der Waals surface area contributed by atoms with Crippen molar-refractivity contribution in [3.05, 3.63) is 33.8 Å². The van der Waals surface area contributed by atoms with Crippen molar-refractivity contribution in [3.63, 3.8) is 0 Å². The second-order valence-corrected chi connectivity index (χ2v) is 7.48. The minimum Gasteiger partial charge on any atom is -0.391 e. The molecule has 1 atom stereocenters. The van der Waals surface area contributed by atoms with Gasteiger partial charge in [0.15, 0.2) is 0 Å². The number of aliphatic hydroxyl groups is 1. The Morgan fingerprint density at radius 3 is 2.48 bits per heavy atom. The van der Waals surface area contributed by atoms with E-state index in [1.54, 1.807) is 12.1 Å². The van der Waals surface area contributed by atoms with Gasteiger partial charge in [0.1, 0.15) is 0 Å². The van der Waals surface area contributed by atoms with Gasteiger partial charge in [-0.25, -0.2) is 0 Å². The van der Waals surface area contributed by atoms with E-state index in [0.29, 0.717) is 16.5 Å². The summed E-state index contributed by atoms with van der Waals surface area (Å²) >= 11 is 12.3. The third-order valence-corrected chi connectivity index (χ3v) is 5.68. The van der Waals surface area contributed by atoms with Crippen molar-refractivity contribution >= 4 is 23.2 Å². The van der Waals surface area contributed by atoms with Gasteiger partial charge in [0.25, 0.3) is 0 Å². The molecular formula is C17H25Cl2NO. The minimum absolute atomic E-state index is 0.155. The van der Waals surface area contributed by atoms with E-state index >= 15 is 0 Å². The maximum absolute atomic E-state index is 10.9. The van der Waals surface area contributed by atoms with Crippen molar-refractivity contribution < 1.29 is 5.11 Å². The lowest BCUT2D eigenvalue weighted by Gasteiger charge is -2.48. The van der Waals surface area contributed by atoms with Gasteiger partial charge in [-0.05, 0) is 69.5 Å². The van der Waals surface area contributed by atoms with Crippen molar-refractivity contribution in [2.24, 2.45) is 5.92 Å². The van der Waals surface area contributed by atoms with E-state index < -0.39 is 6.10 Å². The number of benzene rings is 1. The Hall–Kier alpha value is -0.280. The maximum Gasteiger partial charge on any atom is 0.0764 e. The van der Waals surface area contributed by atoms with Crippen LogP contribution in [0.25, 0.3) is 0 Å². The van der Waals surface area contributed by atoms with Crippen LogP contribution < -0.4 is 0 Å². The lowest BCUT2D eigenvalue weighted by Crippen LogP contribution is -2.56. The Balaban J connectivity index is 2.19. The minimum atomic E-state index is -0.434. The summed E-state index contributed by atoms with van der Waals surface area (Å²) in [6.45, 7) is 2.29. The molecule has 1 unspecified atom stereocenters. The molecule has 0 amide bonds. The van der Waals surface area contributed by atoms with Gasteiger partial charge in [-0.2, -0.15) is 0 Å². The van der Waals surface area contributed by atoms with Crippen molar-refractivity contribution in [1.82, 2.24) is 4.90 Å². The smallest absolute Gasteiger partial charge is 0.0764 e. The van der Waals surface area contributed by atoms with Crippen LogP contribution in [0.3, 0.4) is 0 Å². The predicted molar refractivity (Wildman–Crippen MR) is 90.2 cm³/mol. The molecule has 1 aliphatic rings. The third-order valence-electron chi connectivity index (χ3n) is 5.07. The zero-order valence-electron chi connectivity index (χ0n) is 13.1. The Bertz CT molecular complexity index is 482. The summed E-state index contributed by atoms with van der Waals surface area (Å²) in [5.41, 5.74) is 0.773. The van der Waals surface area contributed by atoms with Crippen LogP contribution in [0.4, 0.5) is 0 Å². The van der Waals surface area contributed by atoms with Crippen LogP contribution in [-0.4, -0.2) is 35.7 Å². The molecule has 2 rings (SSSR count). The lowest BCUT2D eigenvalue weighted by molar-refractivity contribution is -0.0382. The third kappa shape index (κ3) is 3.73. The Morgan fingerprint density at radius 2 is 1.90 bits per heavy atom. The van der Waals surface area contributed by atoms with E-state index in [9.17, 15) is 5.11 Å². The quantitative estimate of drug-likeness (QED) is 0.884. The summed E-state index contributed by atoms with van der Waals surface area (Å²) in [5.74, 6) is 0.750. The van der Waals surface area contributed by atoms with Crippen molar-refractivity contribution in [1.29, 1.82) is 0 Å². The number of halogens is 2. The van der Waals surface area contributed by atoms with E-state index in [4.69, 9.17) is 23.2 Å². The Morgan fingerprint density at radius 1 is 1.29 bits per heavy atom. The summed E-state index contributed by atoms with van der Waals surface area (Å²) in [6.07, 6.45) is 4.50. The lowest BCUT2D eigenvalue weighted by atomic mass is 9.72. The monoisotopic (exact) mass is 329 g/mol. The fourth-order valence-corrected chi connectivity index (χ4v) is 3.83. The second-order valence-electron chi connectivity index (χ2n) is 6.64. The van der Waals surface area contributed by atoms with Crippen LogP contribution in [0.5, 0.6) is 0 Å². The molecule has 0 aliphatic heterocycles. The number of nitrogens with zero attached hydrogens (tertiary/aromatic N) is 1. The normalized spacial score (nSPS) is 27.9. The Labute approximate surface area is 138 Å². The molecule has 0 aromatic heterocycles. The molecule has 0 saturated heterocycles. The number of likely N-dealkylation sites (N-methyl/N-ethyl adjacent to an activating group) is 1. The second kappa shape index (κ2) is 6.87. The Kier molecular flexibility index (Phi) is 5.59. The average Bonchev–Trinajstić information content (AvgIpc) is 2.43. The van der Waals surface area contributed by atoms with Crippen LogP contribution >= 0.6 is 23.2 Å². The molecule has 1 aromatic rings. The van der Waals surface area contributed by atoms with Gasteiger partial charge < -0.3 is 10.0 Å². The zero-order valence-corrected chi connectivity index (χ0v) is 14.6. The number of hydrogen-bond acceptors (Lipinski definition) is 2.